The lowest BCUT2D eigenvalue weighted by molar-refractivity contribution is -0.121. The van der Waals surface area contributed by atoms with E-state index < -0.39 is 0 Å². The van der Waals surface area contributed by atoms with Gasteiger partial charge in [0.05, 0.1) is 0 Å². The fourth-order valence-electron chi connectivity index (χ4n) is 1.27. The van der Waals surface area contributed by atoms with Gasteiger partial charge >= 0.3 is 0 Å². The van der Waals surface area contributed by atoms with Gasteiger partial charge in [0.25, 0.3) is 0 Å². The molecule has 70 valence electrons. The Bertz CT molecular complexity index is 159. The maximum Gasteiger partial charge on any atom is 0.238 e. The summed E-state index contributed by atoms with van der Waals surface area (Å²) >= 11 is 7.87. The Kier molecular flexibility index (Phi) is 4.22. The summed E-state index contributed by atoms with van der Waals surface area (Å²) in [5, 5.41) is 2.42. The maximum atomic E-state index is 11.3. The molecule has 0 aromatic carbocycles. The van der Waals surface area contributed by atoms with Gasteiger partial charge in [-0.3, -0.25) is 4.79 Å². The zero-order valence-electron chi connectivity index (χ0n) is 7.18. The minimum atomic E-state index is -0.319. The van der Waals surface area contributed by atoms with Crippen molar-refractivity contribution in [2.45, 2.75) is 18.7 Å². The molecule has 1 amide bonds. The Morgan fingerprint density at radius 1 is 1.83 bits per heavy atom. The third-order valence-corrected chi connectivity index (χ3v) is 3.72. The first kappa shape index (κ1) is 10.2. The fourth-order valence-corrected chi connectivity index (χ4v) is 2.97. The first-order valence-electron chi connectivity index (χ1n) is 4.25. The van der Waals surface area contributed by atoms with Crippen molar-refractivity contribution in [3.05, 3.63) is 0 Å². The van der Waals surface area contributed by atoms with Crippen molar-refractivity contribution in [2.24, 2.45) is 5.92 Å². The standard InChI is InChI=1S/C8H14ClNOS/c1-2-10-8(11)7(9)6-3-4-12-5-6/h6-7H,2-5H2,1H3,(H,10,11). The van der Waals surface area contributed by atoms with Crippen LogP contribution in [0.1, 0.15) is 13.3 Å². The quantitative estimate of drug-likeness (QED) is 0.711. The molecule has 0 spiro atoms. The predicted molar refractivity (Wildman–Crippen MR) is 53.8 cm³/mol. The molecule has 1 heterocycles. The summed E-state index contributed by atoms with van der Waals surface area (Å²) in [6.45, 7) is 2.58. The lowest BCUT2D eigenvalue weighted by atomic mass is 10.0. The van der Waals surface area contributed by atoms with Crippen LogP contribution in [0.3, 0.4) is 0 Å². The molecule has 0 aromatic heterocycles. The molecule has 4 heteroatoms. The monoisotopic (exact) mass is 207 g/mol. The Hall–Kier alpha value is 0.110. The van der Waals surface area contributed by atoms with E-state index in [4.69, 9.17) is 11.6 Å². The second-order valence-corrected chi connectivity index (χ2v) is 4.54. The van der Waals surface area contributed by atoms with Gasteiger partial charge in [0, 0.05) is 6.54 Å². The number of hydrogen-bond acceptors (Lipinski definition) is 2. The van der Waals surface area contributed by atoms with E-state index in [9.17, 15) is 4.79 Å². The van der Waals surface area contributed by atoms with E-state index in [2.05, 4.69) is 5.32 Å². The van der Waals surface area contributed by atoms with Crippen LogP contribution >= 0.6 is 23.4 Å². The van der Waals surface area contributed by atoms with E-state index in [1.165, 1.54) is 0 Å². The number of amides is 1. The van der Waals surface area contributed by atoms with Gasteiger partial charge in [-0.25, -0.2) is 0 Å². The molecule has 2 atom stereocenters. The van der Waals surface area contributed by atoms with Gasteiger partial charge in [0.1, 0.15) is 5.38 Å². The Morgan fingerprint density at radius 2 is 2.58 bits per heavy atom. The average molecular weight is 208 g/mol. The van der Waals surface area contributed by atoms with Crippen molar-refractivity contribution in [3.8, 4) is 0 Å². The summed E-state index contributed by atoms with van der Waals surface area (Å²) in [7, 11) is 0. The molecule has 2 nitrogen and oxygen atoms in total. The highest BCUT2D eigenvalue weighted by atomic mass is 35.5. The maximum absolute atomic E-state index is 11.3. The molecular weight excluding hydrogens is 194 g/mol. The highest BCUT2D eigenvalue weighted by Gasteiger charge is 2.28. The molecule has 0 saturated carbocycles. The van der Waals surface area contributed by atoms with Crippen LogP contribution in [-0.2, 0) is 4.79 Å². The van der Waals surface area contributed by atoms with Gasteiger partial charge in [-0.15, -0.1) is 11.6 Å². The van der Waals surface area contributed by atoms with E-state index in [1.807, 2.05) is 18.7 Å². The smallest absolute Gasteiger partial charge is 0.238 e. The molecule has 1 rings (SSSR count). The van der Waals surface area contributed by atoms with E-state index in [0.717, 1.165) is 17.9 Å². The number of rotatable bonds is 3. The molecule has 0 aliphatic carbocycles. The average Bonchev–Trinajstić information content (AvgIpc) is 2.55. The van der Waals surface area contributed by atoms with Crippen molar-refractivity contribution in [3.63, 3.8) is 0 Å². The third kappa shape index (κ3) is 2.56. The Morgan fingerprint density at radius 3 is 3.08 bits per heavy atom. The lowest BCUT2D eigenvalue weighted by Crippen LogP contribution is -2.35. The van der Waals surface area contributed by atoms with Gasteiger partial charge < -0.3 is 5.32 Å². The van der Waals surface area contributed by atoms with E-state index in [1.54, 1.807) is 0 Å². The fraction of sp³-hybridized carbons (Fsp3) is 0.875. The topological polar surface area (TPSA) is 29.1 Å². The summed E-state index contributed by atoms with van der Waals surface area (Å²) in [6.07, 6.45) is 1.08. The molecule has 2 unspecified atom stereocenters. The molecule has 1 aliphatic heterocycles. The molecule has 1 saturated heterocycles. The van der Waals surface area contributed by atoms with Crippen LogP contribution in [0.25, 0.3) is 0 Å². The summed E-state index contributed by atoms with van der Waals surface area (Å²) in [4.78, 5) is 11.3. The van der Waals surface area contributed by atoms with Crippen molar-refractivity contribution in [1.82, 2.24) is 5.32 Å². The van der Waals surface area contributed by atoms with Gasteiger partial charge in [-0.1, -0.05) is 0 Å². The highest BCUT2D eigenvalue weighted by molar-refractivity contribution is 7.99. The SMILES string of the molecule is CCNC(=O)C(Cl)C1CCSC1. The first-order valence-corrected chi connectivity index (χ1v) is 5.84. The lowest BCUT2D eigenvalue weighted by Gasteiger charge is -2.14. The summed E-state index contributed by atoms with van der Waals surface area (Å²) in [5.74, 6) is 2.55. The largest absolute Gasteiger partial charge is 0.355 e. The predicted octanol–water partition coefficient (Wildman–Crippen LogP) is 1.48. The number of hydrogen-bond donors (Lipinski definition) is 1. The van der Waals surface area contributed by atoms with Gasteiger partial charge in [-0.05, 0) is 30.8 Å². The number of alkyl halides is 1. The number of carbonyl (C=O) groups is 1. The van der Waals surface area contributed by atoms with Crippen LogP contribution in [-0.4, -0.2) is 29.3 Å². The number of thioether (sulfide) groups is 1. The van der Waals surface area contributed by atoms with E-state index in [0.29, 0.717) is 12.5 Å². The molecule has 0 aromatic rings. The summed E-state index contributed by atoms with van der Waals surface area (Å²) < 4.78 is 0. The van der Waals surface area contributed by atoms with Crippen molar-refractivity contribution in [2.75, 3.05) is 18.1 Å². The third-order valence-electron chi connectivity index (χ3n) is 1.98. The molecule has 1 fully saturated rings. The van der Waals surface area contributed by atoms with Crippen LogP contribution in [0.4, 0.5) is 0 Å². The molecule has 1 aliphatic rings. The zero-order chi connectivity index (χ0) is 8.97. The number of carbonyl (C=O) groups excluding carboxylic acids is 1. The van der Waals surface area contributed by atoms with Gasteiger partial charge in [0.2, 0.25) is 5.91 Å². The molecule has 0 bridgehead atoms. The summed E-state index contributed by atoms with van der Waals surface area (Å²) in [5.41, 5.74) is 0. The summed E-state index contributed by atoms with van der Waals surface area (Å²) in [6, 6.07) is 0. The van der Waals surface area contributed by atoms with Crippen LogP contribution in [0.15, 0.2) is 0 Å². The number of nitrogens with one attached hydrogen (secondary N) is 1. The zero-order valence-corrected chi connectivity index (χ0v) is 8.75. The minimum absolute atomic E-state index is 0.00772. The molecule has 1 N–H and O–H groups in total. The second-order valence-electron chi connectivity index (χ2n) is 2.92. The van der Waals surface area contributed by atoms with Crippen molar-refractivity contribution < 1.29 is 4.79 Å². The Labute approximate surface area is 82.4 Å². The van der Waals surface area contributed by atoms with E-state index >= 15 is 0 Å². The normalized spacial score (nSPS) is 25.3. The highest BCUT2D eigenvalue weighted by Crippen LogP contribution is 2.28. The van der Waals surface area contributed by atoms with E-state index in [-0.39, 0.29) is 11.3 Å². The van der Waals surface area contributed by atoms with Crippen molar-refractivity contribution >= 4 is 29.3 Å². The Balaban J connectivity index is 2.34. The van der Waals surface area contributed by atoms with Crippen LogP contribution in [0.5, 0.6) is 0 Å². The molecule has 0 radical (unpaired) electrons. The van der Waals surface area contributed by atoms with Crippen LogP contribution in [0, 0.1) is 5.92 Å². The van der Waals surface area contributed by atoms with Crippen LogP contribution in [0.2, 0.25) is 0 Å². The second kappa shape index (κ2) is 4.97. The van der Waals surface area contributed by atoms with Crippen LogP contribution < -0.4 is 5.32 Å². The van der Waals surface area contributed by atoms with Crippen molar-refractivity contribution in [1.29, 1.82) is 0 Å². The number of halogens is 1. The van der Waals surface area contributed by atoms with Gasteiger partial charge in [0.15, 0.2) is 0 Å². The first-order chi connectivity index (χ1) is 5.75. The van der Waals surface area contributed by atoms with Gasteiger partial charge in [-0.2, -0.15) is 11.8 Å². The minimum Gasteiger partial charge on any atom is -0.355 e. The molecule has 12 heavy (non-hydrogen) atoms. The molecular formula is C8H14ClNOS.